The summed E-state index contributed by atoms with van der Waals surface area (Å²) in [5, 5.41) is 1.92. The third-order valence-electron chi connectivity index (χ3n) is 5.53. The fraction of sp³-hybridized carbons (Fsp3) is 0.200. The Morgan fingerprint density at radius 3 is 2.19 bits per heavy atom. The van der Waals surface area contributed by atoms with E-state index in [0.29, 0.717) is 15.7 Å². The Hall–Kier alpha value is -2.72. The van der Waals surface area contributed by atoms with Crippen LogP contribution in [0, 0.1) is 6.92 Å². The fourth-order valence-electron chi connectivity index (χ4n) is 3.64. The predicted molar refractivity (Wildman–Crippen MR) is 143 cm³/mol. The van der Waals surface area contributed by atoms with Crippen molar-refractivity contribution < 1.29 is 18.0 Å². The van der Waals surface area contributed by atoms with Gasteiger partial charge < -0.3 is 0 Å². The minimum atomic E-state index is -3.96. The molecule has 1 aliphatic heterocycles. The van der Waals surface area contributed by atoms with Gasteiger partial charge in [-0.2, -0.15) is 0 Å². The molecule has 0 aromatic heterocycles. The van der Waals surface area contributed by atoms with Crippen LogP contribution < -0.4 is 9.73 Å². The van der Waals surface area contributed by atoms with Crippen LogP contribution in [0.4, 0.5) is 5.69 Å². The molecular formula is C25H23Cl2N3O4S2. The summed E-state index contributed by atoms with van der Waals surface area (Å²) >= 11 is 13.3. The second kappa shape index (κ2) is 11.1. The summed E-state index contributed by atoms with van der Waals surface area (Å²) in [4.78, 5) is 25.5. The minimum Gasteiger partial charge on any atom is -0.273 e. The van der Waals surface area contributed by atoms with Crippen molar-refractivity contribution >= 4 is 62.5 Å². The zero-order valence-corrected chi connectivity index (χ0v) is 22.4. The summed E-state index contributed by atoms with van der Waals surface area (Å²) in [5.41, 5.74) is 4.77. The molecule has 2 amide bonds. The van der Waals surface area contributed by atoms with Gasteiger partial charge in [0.25, 0.3) is 15.9 Å². The van der Waals surface area contributed by atoms with Crippen molar-refractivity contribution in [3.63, 3.8) is 0 Å². The maximum Gasteiger partial charge on any atom is 0.264 e. The van der Waals surface area contributed by atoms with Crippen LogP contribution in [0.25, 0.3) is 0 Å². The van der Waals surface area contributed by atoms with Gasteiger partial charge in [0.2, 0.25) is 5.91 Å². The van der Waals surface area contributed by atoms with Crippen molar-refractivity contribution in [1.29, 1.82) is 0 Å². The number of nitrogens with one attached hydrogen (secondary N) is 1. The minimum absolute atomic E-state index is 0.109. The highest BCUT2D eigenvalue weighted by molar-refractivity contribution is 8.00. The molecule has 1 N–H and O–H groups in total. The van der Waals surface area contributed by atoms with Crippen LogP contribution in [0.2, 0.25) is 10.0 Å². The number of carbonyl (C=O) groups is 2. The fourth-order valence-corrected chi connectivity index (χ4v) is 6.47. The number of rotatable bonds is 8. The van der Waals surface area contributed by atoms with E-state index in [2.05, 4.69) is 5.43 Å². The molecule has 0 saturated carbocycles. The monoisotopic (exact) mass is 563 g/mol. The number of nitrogens with zero attached hydrogens (tertiary/aromatic N) is 2. The van der Waals surface area contributed by atoms with Crippen molar-refractivity contribution in [2.24, 2.45) is 0 Å². The zero-order valence-electron chi connectivity index (χ0n) is 19.2. The lowest BCUT2D eigenvalue weighted by atomic mass is 10.2. The predicted octanol–water partition coefficient (Wildman–Crippen LogP) is 5.19. The normalized spacial score (nSPS) is 15.7. The van der Waals surface area contributed by atoms with E-state index >= 15 is 0 Å². The lowest BCUT2D eigenvalue weighted by molar-refractivity contribution is -0.139. The number of hydrogen-bond acceptors (Lipinski definition) is 5. The maximum absolute atomic E-state index is 13.5. The van der Waals surface area contributed by atoms with Gasteiger partial charge >= 0.3 is 0 Å². The third-order valence-corrected chi connectivity index (χ3v) is 9.09. The SMILES string of the molecule is Cc1ccc(S(=O)(=O)N(CCC(=O)NN2C(=O)CSC2c2ccc(Cl)cc2)c2ccc(Cl)cc2)cc1. The van der Waals surface area contributed by atoms with Crippen molar-refractivity contribution in [3.8, 4) is 0 Å². The van der Waals surface area contributed by atoms with Crippen molar-refractivity contribution in [3.05, 3.63) is 94.0 Å². The van der Waals surface area contributed by atoms with E-state index < -0.39 is 21.3 Å². The van der Waals surface area contributed by atoms with E-state index in [1.807, 2.05) is 6.92 Å². The van der Waals surface area contributed by atoms with Crippen LogP contribution >= 0.6 is 35.0 Å². The van der Waals surface area contributed by atoms with E-state index in [9.17, 15) is 18.0 Å². The Bertz CT molecular complexity index is 1350. The summed E-state index contributed by atoms with van der Waals surface area (Å²) < 4.78 is 28.1. The first-order valence-electron chi connectivity index (χ1n) is 11.0. The van der Waals surface area contributed by atoms with Gasteiger partial charge in [-0.3, -0.25) is 19.3 Å². The molecule has 188 valence electrons. The molecule has 3 aromatic rings. The number of amides is 2. The summed E-state index contributed by atoms with van der Waals surface area (Å²) in [6.45, 7) is 1.73. The number of anilines is 1. The van der Waals surface area contributed by atoms with Crippen molar-refractivity contribution in [1.82, 2.24) is 10.4 Å². The molecule has 1 heterocycles. The van der Waals surface area contributed by atoms with Gasteiger partial charge in [0.1, 0.15) is 5.37 Å². The Kier molecular flexibility index (Phi) is 8.14. The molecule has 1 fully saturated rings. The molecule has 0 aliphatic carbocycles. The molecule has 7 nitrogen and oxygen atoms in total. The largest absolute Gasteiger partial charge is 0.273 e. The van der Waals surface area contributed by atoms with Crippen LogP contribution in [0.5, 0.6) is 0 Å². The van der Waals surface area contributed by atoms with E-state index in [1.165, 1.54) is 33.2 Å². The molecule has 1 unspecified atom stereocenters. The van der Waals surface area contributed by atoms with E-state index in [1.54, 1.807) is 60.7 Å². The van der Waals surface area contributed by atoms with Gasteiger partial charge in [0.15, 0.2) is 0 Å². The molecule has 36 heavy (non-hydrogen) atoms. The summed E-state index contributed by atoms with van der Waals surface area (Å²) in [5.74, 6) is -0.509. The molecule has 4 rings (SSSR count). The number of hydrazine groups is 1. The van der Waals surface area contributed by atoms with Crippen LogP contribution in [0.3, 0.4) is 0 Å². The lowest BCUT2D eigenvalue weighted by Gasteiger charge is -2.27. The number of carbonyl (C=O) groups excluding carboxylic acids is 2. The average Bonchev–Trinajstić information content (AvgIpc) is 3.21. The summed E-state index contributed by atoms with van der Waals surface area (Å²) in [6.07, 6.45) is -0.171. The summed E-state index contributed by atoms with van der Waals surface area (Å²) in [6, 6.07) is 19.9. The molecule has 1 aliphatic rings. The highest BCUT2D eigenvalue weighted by atomic mass is 35.5. The van der Waals surface area contributed by atoms with Crippen LogP contribution in [-0.2, 0) is 19.6 Å². The summed E-state index contributed by atoms with van der Waals surface area (Å²) in [7, 11) is -3.96. The molecule has 11 heteroatoms. The van der Waals surface area contributed by atoms with Crippen LogP contribution in [-0.4, -0.2) is 37.5 Å². The van der Waals surface area contributed by atoms with E-state index in [0.717, 1.165) is 11.1 Å². The van der Waals surface area contributed by atoms with Gasteiger partial charge in [0, 0.05) is 23.0 Å². The first-order chi connectivity index (χ1) is 17.1. The van der Waals surface area contributed by atoms with E-state index in [-0.39, 0.29) is 29.5 Å². The van der Waals surface area contributed by atoms with Gasteiger partial charge in [-0.05, 0) is 61.0 Å². The number of thioether (sulfide) groups is 1. The standard InChI is InChI=1S/C25H23Cl2N3O4S2/c1-17-2-12-22(13-3-17)36(33,34)29(21-10-8-20(27)9-11-21)15-14-23(31)28-30-24(32)16-35-25(30)18-4-6-19(26)7-5-18/h2-13,25H,14-16H2,1H3,(H,28,31). The second-order valence-electron chi connectivity index (χ2n) is 8.13. The highest BCUT2D eigenvalue weighted by Crippen LogP contribution is 2.37. The molecule has 1 atom stereocenters. The number of aryl methyl sites for hydroxylation is 1. The van der Waals surface area contributed by atoms with Crippen molar-refractivity contribution in [2.75, 3.05) is 16.6 Å². The molecular weight excluding hydrogens is 541 g/mol. The Morgan fingerprint density at radius 2 is 1.58 bits per heavy atom. The number of halogens is 2. The second-order valence-corrected chi connectivity index (χ2v) is 11.9. The van der Waals surface area contributed by atoms with Crippen LogP contribution in [0.15, 0.2) is 77.7 Å². The zero-order chi connectivity index (χ0) is 25.9. The first kappa shape index (κ1) is 26.3. The van der Waals surface area contributed by atoms with Crippen LogP contribution in [0.1, 0.15) is 22.9 Å². The number of hydrogen-bond donors (Lipinski definition) is 1. The lowest BCUT2D eigenvalue weighted by Crippen LogP contribution is -2.45. The van der Waals surface area contributed by atoms with Gasteiger partial charge in [0.05, 0.1) is 16.3 Å². The first-order valence-corrected chi connectivity index (χ1v) is 14.2. The van der Waals surface area contributed by atoms with Crippen molar-refractivity contribution in [2.45, 2.75) is 23.6 Å². The van der Waals surface area contributed by atoms with Gasteiger partial charge in [-0.15, -0.1) is 11.8 Å². The molecule has 0 bridgehead atoms. The molecule has 1 saturated heterocycles. The third kappa shape index (κ3) is 5.98. The molecule has 3 aromatic carbocycles. The highest BCUT2D eigenvalue weighted by Gasteiger charge is 2.34. The molecule has 0 radical (unpaired) electrons. The van der Waals surface area contributed by atoms with E-state index in [4.69, 9.17) is 23.2 Å². The van der Waals surface area contributed by atoms with Gasteiger partial charge in [-0.25, -0.2) is 13.4 Å². The van der Waals surface area contributed by atoms with Gasteiger partial charge in [-0.1, -0.05) is 53.0 Å². The number of benzene rings is 3. The topological polar surface area (TPSA) is 86.8 Å². The average molecular weight is 565 g/mol. The smallest absolute Gasteiger partial charge is 0.264 e. The Balaban J connectivity index is 1.52. The Labute approximate surface area is 224 Å². The Morgan fingerprint density at radius 1 is 1.00 bits per heavy atom. The maximum atomic E-state index is 13.5. The number of sulfonamides is 1. The quantitative estimate of drug-likeness (QED) is 0.407. The molecule has 0 spiro atoms.